The summed E-state index contributed by atoms with van der Waals surface area (Å²) in [4.78, 5) is 28.9. The van der Waals surface area contributed by atoms with Crippen LogP contribution in [0.25, 0.3) is 22.3 Å². The van der Waals surface area contributed by atoms with E-state index >= 15 is 0 Å². The SMILES string of the molecule is CC.Cc1cc2c(CCCCOC(C)C)c3c(nc2cc1F)-c1cc(C(C)O)c(COC=O)c(=O)n1C3. The Bertz CT molecular complexity index is 1330. The average Bonchev–Trinajstić information content (AvgIpc) is 3.23. The van der Waals surface area contributed by atoms with Crippen molar-refractivity contribution in [1.29, 1.82) is 0 Å². The molecule has 0 radical (unpaired) electrons. The van der Waals surface area contributed by atoms with Gasteiger partial charge >= 0.3 is 0 Å². The summed E-state index contributed by atoms with van der Waals surface area (Å²) in [7, 11) is 0. The molecule has 0 saturated heterocycles. The van der Waals surface area contributed by atoms with Crippen molar-refractivity contribution in [2.45, 2.75) is 86.2 Å². The number of pyridine rings is 2. The third-order valence-corrected chi connectivity index (χ3v) is 6.50. The van der Waals surface area contributed by atoms with Crippen molar-refractivity contribution in [3.05, 3.63) is 62.2 Å². The molecule has 3 aromatic rings. The summed E-state index contributed by atoms with van der Waals surface area (Å²) >= 11 is 0. The molecule has 4 rings (SSSR count). The maximum absolute atomic E-state index is 14.5. The number of benzene rings is 1. The van der Waals surface area contributed by atoms with E-state index in [0.29, 0.717) is 41.2 Å². The first kappa shape index (κ1) is 28.5. The van der Waals surface area contributed by atoms with Crippen LogP contribution in [0.4, 0.5) is 4.39 Å². The van der Waals surface area contributed by atoms with Gasteiger partial charge in [0.1, 0.15) is 12.4 Å². The largest absolute Gasteiger partial charge is 0.463 e. The summed E-state index contributed by atoms with van der Waals surface area (Å²) in [5.74, 6) is -0.331. The molecule has 0 amide bonds. The third-order valence-electron chi connectivity index (χ3n) is 6.50. The fourth-order valence-electron chi connectivity index (χ4n) is 4.74. The molecule has 7 nitrogen and oxygen atoms in total. The molecule has 1 aromatic carbocycles. The Kier molecular flexibility index (Phi) is 9.56. The zero-order valence-electron chi connectivity index (χ0n) is 22.6. The lowest BCUT2D eigenvalue weighted by atomic mass is 9.95. The molecule has 1 N–H and O–H groups in total. The molecule has 1 atom stereocenters. The van der Waals surface area contributed by atoms with E-state index < -0.39 is 6.10 Å². The quantitative estimate of drug-likeness (QED) is 0.227. The van der Waals surface area contributed by atoms with Gasteiger partial charge < -0.3 is 19.1 Å². The number of fused-ring (bicyclic) bond motifs is 4. The minimum absolute atomic E-state index is 0.175. The maximum Gasteiger partial charge on any atom is 0.293 e. The standard InChI is InChI=1S/C27H31FN2O5.C2H6/c1-15(2)35-8-6-5-7-18-20-9-16(3)23(28)11-24(20)29-26-21(18)12-30-25(26)10-19(17(4)32)22(27(30)33)13-34-14-31;1-2/h9-11,14-15,17,32H,5-8,12-13H2,1-4H3;1-2H3. The van der Waals surface area contributed by atoms with E-state index in [-0.39, 0.29) is 36.1 Å². The van der Waals surface area contributed by atoms with Crippen molar-refractivity contribution in [3.8, 4) is 11.4 Å². The van der Waals surface area contributed by atoms with Gasteiger partial charge in [-0.05, 0) is 75.8 Å². The average molecular weight is 513 g/mol. The van der Waals surface area contributed by atoms with Crippen LogP contribution in [-0.4, -0.2) is 33.8 Å². The number of carbonyl (C=O) groups is 1. The lowest BCUT2D eigenvalue weighted by Crippen LogP contribution is -2.26. The number of aliphatic hydroxyl groups excluding tert-OH is 1. The number of halogens is 1. The molecular weight excluding hydrogens is 475 g/mol. The van der Waals surface area contributed by atoms with Crippen LogP contribution in [0.15, 0.2) is 23.0 Å². The first-order chi connectivity index (χ1) is 17.7. The van der Waals surface area contributed by atoms with E-state index in [1.54, 1.807) is 24.5 Å². The lowest BCUT2D eigenvalue weighted by Gasteiger charge is -2.14. The molecule has 0 spiro atoms. The number of ether oxygens (including phenoxy) is 2. The van der Waals surface area contributed by atoms with Gasteiger partial charge in [-0.1, -0.05) is 13.8 Å². The number of hydrogen-bond donors (Lipinski definition) is 1. The summed E-state index contributed by atoms with van der Waals surface area (Å²) in [6.07, 6.45) is 1.72. The Hall–Kier alpha value is -3.10. The molecule has 8 heteroatoms. The minimum Gasteiger partial charge on any atom is -0.463 e. The topological polar surface area (TPSA) is 90.7 Å². The van der Waals surface area contributed by atoms with Crippen LogP contribution in [0.5, 0.6) is 0 Å². The fraction of sp³-hybridized carbons (Fsp3) is 0.483. The first-order valence-corrected chi connectivity index (χ1v) is 13.0. The second kappa shape index (κ2) is 12.4. The minimum atomic E-state index is -0.941. The number of aromatic nitrogens is 2. The van der Waals surface area contributed by atoms with Crippen molar-refractivity contribution >= 4 is 17.4 Å². The number of hydrogen-bond acceptors (Lipinski definition) is 6. The summed E-state index contributed by atoms with van der Waals surface area (Å²) in [6.45, 7) is 12.3. The molecule has 0 fully saturated rings. The maximum atomic E-state index is 14.5. The molecule has 2 aromatic heterocycles. The normalized spacial score (nSPS) is 12.7. The predicted molar refractivity (Wildman–Crippen MR) is 142 cm³/mol. The molecular formula is C29H37FN2O5. The Morgan fingerprint density at radius 3 is 2.54 bits per heavy atom. The van der Waals surface area contributed by atoms with Gasteiger partial charge in [0, 0.05) is 23.6 Å². The summed E-state index contributed by atoms with van der Waals surface area (Å²) < 4.78 is 26.6. The smallest absolute Gasteiger partial charge is 0.293 e. The molecule has 1 aliphatic rings. The van der Waals surface area contributed by atoms with Crippen molar-refractivity contribution in [3.63, 3.8) is 0 Å². The van der Waals surface area contributed by atoms with Crippen LogP contribution >= 0.6 is 0 Å². The van der Waals surface area contributed by atoms with Crippen LogP contribution < -0.4 is 5.56 Å². The van der Waals surface area contributed by atoms with Gasteiger partial charge in [-0.3, -0.25) is 9.59 Å². The van der Waals surface area contributed by atoms with Gasteiger partial charge in [-0.2, -0.15) is 0 Å². The highest BCUT2D eigenvalue weighted by molar-refractivity contribution is 5.88. The number of carbonyl (C=O) groups excluding carboxylic acids is 1. The second-order valence-corrected chi connectivity index (χ2v) is 9.35. The van der Waals surface area contributed by atoms with Gasteiger partial charge in [0.05, 0.1) is 41.2 Å². The molecule has 0 bridgehead atoms. The Morgan fingerprint density at radius 1 is 1.16 bits per heavy atom. The lowest BCUT2D eigenvalue weighted by molar-refractivity contribution is -0.129. The number of unbranched alkanes of at least 4 members (excludes halogenated alkanes) is 1. The van der Waals surface area contributed by atoms with Gasteiger partial charge in [0.25, 0.3) is 12.0 Å². The summed E-state index contributed by atoms with van der Waals surface area (Å²) in [5, 5.41) is 11.2. The van der Waals surface area contributed by atoms with Crippen molar-refractivity contribution < 1.29 is 23.8 Å². The molecule has 0 aliphatic carbocycles. The van der Waals surface area contributed by atoms with E-state index in [0.717, 1.165) is 35.8 Å². The number of nitrogens with zero attached hydrogens (tertiary/aromatic N) is 2. The van der Waals surface area contributed by atoms with E-state index in [1.165, 1.54) is 6.07 Å². The van der Waals surface area contributed by atoms with E-state index in [9.17, 15) is 19.1 Å². The number of aliphatic hydroxyl groups is 1. The van der Waals surface area contributed by atoms with E-state index in [4.69, 9.17) is 14.5 Å². The van der Waals surface area contributed by atoms with Gasteiger partial charge in [0.2, 0.25) is 0 Å². The molecule has 1 aliphatic heterocycles. The van der Waals surface area contributed by atoms with E-state index in [1.807, 2.05) is 33.8 Å². The van der Waals surface area contributed by atoms with Crippen LogP contribution in [0.3, 0.4) is 0 Å². The van der Waals surface area contributed by atoms with Crippen LogP contribution in [0, 0.1) is 12.7 Å². The van der Waals surface area contributed by atoms with Crippen molar-refractivity contribution in [2.24, 2.45) is 0 Å². The molecule has 200 valence electrons. The molecule has 37 heavy (non-hydrogen) atoms. The van der Waals surface area contributed by atoms with Gasteiger partial charge in [-0.15, -0.1) is 0 Å². The van der Waals surface area contributed by atoms with E-state index in [2.05, 4.69) is 0 Å². The van der Waals surface area contributed by atoms with Gasteiger partial charge in [-0.25, -0.2) is 9.37 Å². The van der Waals surface area contributed by atoms with Crippen LogP contribution in [-0.2, 0) is 33.8 Å². The molecule has 1 unspecified atom stereocenters. The Morgan fingerprint density at radius 2 is 1.89 bits per heavy atom. The third kappa shape index (κ3) is 5.91. The summed E-state index contributed by atoms with van der Waals surface area (Å²) in [5.41, 5.74) is 4.54. The zero-order chi connectivity index (χ0) is 27.3. The van der Waals surface area contributed by atoms with Crippen LogP contribution in [0.2, 0.25) is 0 Å². The highest BCUT2D eigenvalue weighted by Gasteiger charge is 2.29. The Balaban J connectivity index is 0.00000186. The fourth-order valence-corrected chi connectivity index (χ4v) is 4.74. The van der Waals surface area contributed by atoms with Crippen molar-refractivity contribution in [2.75, 3.05) is 6.61 Å². The van der Waals surface area contributed by atoms with Gasteiger partial charge in [0.15, 0.2) is 0 Å². The molecule has 3 heterocycles. The molecule has 0 saturated carbocycles. The highest BCUT2D eigenvalue weighted by Crippen LogP contribution is 2.38. The first-order valence-electron chi connectivity index (χ1n) is 13.0. The van der Waals surface area contributed by atoms with Crippen molar-refractivity contribution in [1.82, 2.24) is 9.55 Å². The Labute approximate surface area is 217 Å². The monoisotopic (exact) mass is 512 g/mol. The second-order valence-electron chi connectivity index (χ2n) is 9.35. The summed E-state index contributed by atoms with van der Waals surface area (Å²) in [6, 6.07) is 5.00. The predicted octanol–water partition coefficient (Wildman–Crippen LogP) is 5.37. The van der Waals surface area contributed by atoms with Crippen LogP contribution in [0.1, 0.15) is 81.4 Å². The number of aryl methyl sites for hydroxylation is 2. The highest BCUT2D eigenvalue weighted by atomic mass is 19.1. The number of rotatable bonds is 10. The zero-order valence-corrected chi connectivity index (χ0v) is 22.6.